The van der Waals surface area contributed by atoms with E-state index in [9.17, 15) is 9.18 Å². The topological polar surface area (TPSA) is 66.9 Å². The highest BCUT2D eigenvalue weighted by atomic mass is 35.5. The number of aromatic nitrogens is 2. The summed E-state index contributed by atoms with van der Waals surface area (Å²) < 4.78 is 12.9. The molecule has 132 valence electrons. The highest BCUT2D eigenvalue weighted by Gasteiger charge is 2.08. The van der Waals surface area contributed by atoms with E-state index >= 15 is 0 Å². The SMILES string of the molecule is O=C(Nc1ccc(F)cc1)c1cnc(NCCc2cccc(Cl)c2)nc1. The first kappa shape index (κ1) is 17.8. The van der Waals surface area contributed by atoms with Gasteiger partial charge in [-0.05, 0) is 48.4 Å². The number of hydrogen-bond acceptors (Lipinski definition) is 4. The van der Waals surface area contributed by atoms with Crippen LogP contribution in [0.5, 0.6) is 0 Å². The Balaban J connectivity index is 1.52. The molecule has 2 N–H and O–H groups in total. The first-order chi connectivity index (χ1) is 12.6. The van der Waals surface area contributed by atoms with Crippen molar-refractivity contribution in [2.24, 2.45) is 0 Å². The molecule has 0 saturated heterocycles. The molecule has 3 aromatic rings. The van der Waals surface area contributed by atoms with E-state index in [1.54, 1.807) is 0 Å². The van der Waals surface area contributed by atoms with Gasteiger partial charge in [0.05, 0.1) is 5.56 Å². The fourth-order valence-electron chi connectivity index (χ4n) is 2.28. The molecule has 0 aliphatic rings. The number of halogens is 2. The van der Waals surface area contributed by atoms with Gasteiger partial charge in [-0.2, -0.15) is 0 Å². The molecule has 1 heterocycles. The molecule has 1 amide bonds. The maximum atomic E-state index is 12.9. The molecule has 1 aromatic heterocycles. The van der Waals surface area contributed by atoms with Crippen molar-refractivity contribution in [2.45, 2.75) is 6.42 Å². The molecule has 3 rings (SSSR count). The Bertz CT molecular complexity index is 885. The lowest BCUT2D eigenvalue weighted by Gasteiger charge is -2.07. The zero-order valence-electron chi connectivity index (χ0n) is 13.7. The normalized spacial score (nSPS) is 10.4. The van der Waals surface area contributed by atoms with E-state index < -0.39 is 0 Å². The van der Waals surface area contributed by atoms with Crippen LogP contribution >= 0.6 is 11.6 Å². The van der Waals surface area contributed by atoms with Crippen LogP contribution in [-0.2, 0) is 6.42 Å². The fraction of sp³-hybridized carbons (Fsp3) is 0.105. The second-order valence-electron chi connectivity index (χ2n) is 5.56. The largest absolute Gasteiger partial charge is 0.354 e. The van der Waals surface area contributed by atoms with E-state index in [2.05, 4.69) is 20.6 Å². The number of carbonyl (C=O) groups excluding carboxylic acids is 1. The fourth-order valence-corrected chi connectivity index (χ4v) is 2.50. The van der Waals surface area contributed by atoms with Gasteiger partial charge in [0.2, 0.25) is 5.95 Å². The molecule has 2 aromatic carbocycles. The maximum Gasteiger partial charge on any atom is 0.258 e. The Morgan fingerprint density at radius 3 is 2.50 bits per heavy atom. The molecule has 0 aliphatic heterocycles. The molecule has 0 saturated carbocycles. The van der Waals surface area contributed by atoms with Gasteiger partial charge in [-0.1, -0.05) is 23.7 Å². The zero-order valence-corrected chi connectivity index (χ0v) is 14.5. The lowest BCUT2D eigenvalue weighted by Crippen LogP contribution is -2.14. The second kappa shape index (κ2) is 8.40. The monoisotopic (exact) mass is 370 g/mol. The molecule has 0 atom stereocenters. The van der Waals surface area contributed by atoms with Gasteiger partial charge in [-0.25, -0.2) is 14.4 Å². The third-order valence-electron chi connectivity index (χ3n) is 3.60. The Labute approximate surface area is 155 Å². The zero-order chi connectivity index (χ0) is 18.4. The van der Waals surface area contributed by atoms with Gasteiger partial charge < -0.3 is 10.6 Å². The third kappa shape index (κ3) is 5.00. The molecule has 26 heavy (non-hydrogen) atoms. The maximum absolute atomic E-state index is 12.9. The number of amides is 1. The van der Waals surface area contributed by atoms with E-state index in [-0.39, 0.29) is 11.7 Å². The summed E-state index contributed by atoms with van der Waals surface area (Å²) in [6.07, 6.45) is 3.65. The summed E-state index contributed by atoms with van der Waals surface area (Å²) in [6, 6.07) is 13.2. The number of nitrogens with one attached hydrogen (secondary N) is 2. The lowest BCUT2D eigenvalue weighted by molar-refractivity contribution is 0.102. The molecule has 7 heteroatoms. The van der Waals surface area contributed by atoms with Crippen molar-refractivity contribution in [3.8, 4) is 0 Å². The molecule has 0 bridgehead atoms. The highest BCUT2D eigenvalue weighted by Crippen LogP contribution is 2.12. The van der Waals surface area contributed by atoms with Crippen LogP contribution < -0.4 is 10.6 Å². The van der Waals surface area contributed by atoms with Crippen LogP contribution in [0.2, 0.25) is 5.02 Å². The Morgan fingerprint density at radius 2 is 1.81 bits per heavy atom. The van der Waals surface area contributed by atoms with Crippen molar-refractivity contribution in [2.75, 3.05) is 17.2 Å². The highest BCUT2D eigenvalue weighted by molar-refractivity contribution is 6.30. The van der Waals surface area contributed by atoms with E-state index in [4.69, 9.17) is 11.6 Å². The average Bonchev–Trinajstić information content (AvgIpc) is 2.64. The van der Waals surface area contributed by atoms with E-state index in [0.717, 1.165) is 12.0 Å². The van der Waals surface area contributed by atoms with Crippen LogP contribution in [0.3, 0.4) is 0 Å². The van der Waals surface area contributed by atoms with Crippen molar-refractivity contribution in [1.29, 1.82) is 0 Å². The second-order valence-corrected chi connectivity index (χ2v) is 6.00. The summed E-state index contributed by atoms with van der Waals surface area (Å²) in [5.74, 6) is -0.285. The standard InChI is InChI=1S/C19H16ClFN4O/c20-15-3-1-2-13(10-15)8-9-22-19-23-11-14(12-24-19)18(26)25-17-6-4-16(21)5-7-17/h1-7,10-12H,8-9H2,(H,25,26)(H,22,23,24). The number of rotatable bonds is 6. The molecule has 0 unspecified atom stereocenters. The van der Waals surface area contributed by atoms with Crippen molar-refractivity contribution in [1.82, 2.24) is 9.97 Å². The van der Waals surface area contributed by atoms with Crippen molar-refractivity contribution in [3.63, 3.8) is 0 Å². The van der Waals surface area contributed by atoms with Gasteiger partial charge in [-0.3, -0.25) is 4.79 Å². The number of benzene rings is 2. The summed E-state index contributed by atoms with van der Waals surface area (Å²) in [5.41, 5.74) is 1.93. The smallest absolute Gasteiger partial charge is 0.258 e. The minimum absolute atomic E-state index is 0.315. The third-order valence-corrected chi connectivity index (χ3v) is 3.84. The molecule has 5 nitrogen and oxygen atoms in total. The summed E-state index contributed by atoms with van der Waals surface area (Å²) in [6.45, 7) is 0.640. The Kier molecular flexibility index (Phi) is 5.76. The molecule has 0 spiro atoms. The first-order valence-corrected chi connectivity index (χ1v) is 8.35. The van der Waals surface area contributed by atoms with Crippen LogP contribution in [0.15, 0.2) is 60.9 Å². The minimum atomic E-state index is -0.362. The number of carbonyl (C=O) groups is 1. The average molecular weight is 371 g/mol. The number of anilines is 2. The predicted octanol–water partition coefficient (Wildman–Crippen LogP) is 4.18. The van der Waals surface area contributed by atoms with Crippen LogP contribution in [-0.4, -0.2) is 22.4 Å². The van der Waals surface area contributed by atoms with Gasteiger partial charge in [0, 0.05) is 29.6 Å². The van der Waals surface area contributed by atoms with E-state index in [1.807, 2.05) is 24.3 Å². The quantitative estimate of drug-likeness (QED) is 0.683. The van der Waals surface area contributed by atoms with Crippen LogP contribution in [0, 0.1) is 5.82 Å². The minimum Gasteiger partial charge on any atom is -0.354 e. The van der Waals surface area contributed by atoms with Crippen LogP contribution in [0.1, 0.15) is 15.9 Å². The molecule has 0 aliphatic carbocycles. The van der Waals surface area contributed by atoms with Gasteiger partial charge in [-0.15, -0.1) is 0 Å². The summed E-state index contributed by atoms with van der Waals surface area (Å²) in [4.78, 5) is 20.4. The van der Waals surface area contributed by atoms with E-state index in [1.165, 1.54) is 36.7 Å². The molecular formula is C19H16ClFN4O. The first-order valence-electron chi connectivity index (χ1n) is 7.97. The lowest BCUT2D eigenvalue weighted by atomic mass is 10.1. The molecular weight excluding hydrogens is 355 g/mol. The molecule has 0 fully saturated rings. The van der Waals surface area contributed by atoms with Gasteiger partial charge >= 0.3 is 0 Å². The Morgan fingerprint density at radius 1 is 1.08 bits per heavy atom. The van der Waals surface area contributed by atoms with E-state index in [0.29, 0.717) is 28.8 Å². The van der Waals surface area contributed by atoms with Crippen molar-refractivity contribution >= 4 is 29.1 Å². The summed E-state index contributed by atoms with van der Waals surface area (Å²) >= 11 is 5.95. The van der Waals surface area contributed by atoms with Crippen LogP contribution in [0.25, 0.3) is 0 Å². The Hall–Kier alpha value is -2.99. The molecule has 0 radical (unpaired) electrons. The summed E-state index contributed by atoms with van der Waals surface area (Å²) in [7, 11) is 0. The van der Waals surface area contributed by atoms with Gasteiger partial charge in [0.15, 0.2) is 0 Å². The predicted molar refractivity (Wildman–Crippen MR) is 100 cm³/mol. The van der Waals surface area contributed by atoms with Crippen molar-refractivity contribution in [3.05, 3.63) is 82.9 Å². The number of nitrogens with zero attached hydrogens (tertiary/aromatic N) is 2. The van der Waals surface area contributed by atoms with Crippen LogP contribution in [0.4, 0.5) is 16.0 Å². The van der Waals surface area contributed by atoms with Gasteiger partial charge in [0.25, 0.3) is 5.91 Å². The van der Waals surface area contributed by atoms with Crippen molar-refractivity contribution < 1.29 is 9.18 Å². The number of hydrogen-bond donors (Lipinski definition) is 2. The van der Waals surface area contributed by atoms with Gasteiger partial charge in [0.1, 0.15) is 5.82 Å². The summed E-state index contributed by atoms with van der Waals surface area (Å²) in [5, 5.41) is 6.46.